The molecule has 1 aliphatic heterocycles. The van der Waals surface area contributed by atoms with Gasteiger partial charge in [-0.1, -0.05) is 12.1 Å². The number of rotatable bonds is 14. The van der Waals surface area contributed by atoms with Crippen molar-refractivity contribution in [1.29, 1.82) is 0 Å². The number of aliphatic carboxylic acids is 3. The Balaban J connectivity index is 1.14. The molecule has 0 radical (unpaired) electrons. The summed E-state index contributed by atoms with van der Waals surface area (Å²) in [7, 11) is 4.72. The fraction of sp³-hybridized carbons (Fsp3) is 0.714. The highest BCUT2D eigenvalue weighted by molar-refractivity contribution is 7.80. The van der Waals surface area contributed by atoms with Crippen LogP contribution in [0.25, 0.3) is 0 Å². The summed E-state index contributed by atoms with van der Waals surface area (Å²) in [5.74, 6) is -0.0437. The van der Waals surface area contributed by atoms with E-state index in [9.17, 15) is 29.7 Å². The number of hydrogen-bond acceptors (Lipinski definition) is 7. The van der Waals surface area contributed by atoms with Crippen molar-refractivity contribution in [1.82, 2.24) is 20.0 Å². The Morgan fingerprint density at radius 3 is 1.96 bits per heavy atom. The van der Waals surface area contributed by atoms with Crippen molar-refractivity contribution in [2.75, 3.05) is 91.4 Å². The molecule has 1 atom stereocenters. The van der Waals surface area contributed by atoms with Crippen LogP contribution >= 0.6 is 12.2 Å². The quantitative estimate of drug-likeness (QED) is 0.145. The van der Waals surface area contributed by atoms with Crippen LogP contribution in [0.2, 0.25) is 0 Å². The van der Waals surface area contributed by atoms with Crippen molar-refractivity contribution in [3.8, 4) is 0 Å². The topological polar surface area (TPSA) is 146 Å². The molecule has 1 aromatic rings. The minimum Gasteiger partial charge on any atom is -0.480 e. The van der Waals surface area contributed by atoms with Gasteiger partial charge >= 0.3 is 17.9 Å². The van der Waals surface area contributed by atoms with Gasteiger partial charge in [-0.2, -0.15) is 0 Å². The number of nitrogens with zero attached hydrogens (tertiary/aromatic N) is 4. The highest BCUT2D eigenvalue weighted by Gasteiger charge is 2.53. The monoisotopic (exact) mass is 687 g/mol. The van der Waals surface area contributed by atoms with Gasteiger partial charge < -0.3 is 30.4 Å². The number of hydrogen-bond donors (Lipinski definition) is 5. The number of anilines is 1. The highest BCUT2D eigenvalue weighted by Crippen LogP contribution is 2.60. The van der Waals surface area contributed by atoms with E-state index in [1.54, 1.807) is 9.80 Å². The van der Waals surface area contributed by atoms with E-state index in [4.69, 9.17) is 12.2 Å². The largest absolute Gasteiger partial charge is 0.480 e. The summed E-state index contributed by atoms with van der Waals surface area (Å²) in [6.45, 7) is 4.30. The lowest BCUT2D eigenvalue weighted by molar-refractivity contribution is -0.896. The van der Waals surface area contributed by atoms with Gasteiger partial charge in [-0.15, -0.1) is 0 Å². The van der Waals surface area contributed by atoms with Gasteiger partial charge in [-0.25, -0.2) is 0 Å². The molecule has 5 N–H and O–H groups in total. The smallest absolute Gasteiger partial charge is 0.317 e. The van der Waals surface area contributed by atoms with Crippen molar-refractivity contribution in [3.63, 3.8) is 0 Å². The summed E-state index contributed by atoms with van der Waals surface area (Å²) in [5, 5.41) is 35.8. The number of carbonyl (C=O) groups is 3. The zero-order valence-electron chi connectivity index (χ0n) is 28.6. The van der Waals surface area contributed by atoms with Crippen molar-refractivity contribution in [3.05, 3.63) is 29.8 Å². The third-order valence-corrected chi connectivity index (χ3v) is 11.3. The van der Waals surface area contributed by atoms with E-state index in [1.807, 2.05) is 29.2 Å². The molecular formula is C35H55N6O6S+. The summed E-state index contributed by atoms with van der Waals surface area (Å²) in [6.07, 6.45) is 9.21. The predicted octanol–water partition coefficient (Wildman–Crippen LogP) is 2.35. The Morgan fingerprint density at radius 1 is 0.833 bits per heavy atom. The molecule has 48 heavy (non-hydrogen) atoms. The summed E-state index contributed by atoms with van der Waals surface area (Å²) in [4.78, 5) is 40.2. The molecule has 1 aromatic carbocycles. The van der Waals surface area contributed by atoms with Crippen molar-refractivity contribution in [2.24, 2.45) is 23.2 Å². The molecule has 0 aromatic heterocycles. The minimum absolute atomic E-state index is 0.184. The Bertz CT molecular complexity index is 1270. The van der Waals surface area contributed by atoms with Crippen molar-refractivity contribution >= 4 is 40.9 Å². The minimum atomic E-state index is -0.982. The molecule has 0 amide bonds. The fourth-order valence-corrected chi connectivity index (χ4v) is 9.95. The lowest BCUT2D eigenvalue weighted by atomic mass is 9.49. The van der Waals surface area contributed by atoms with Gasteiger partial charge in [-0.05, 0) is 92.6 Å². The van der Waals surface area contributed by atoms with Gasteiger partial charge in [0.1, 0.15) is 0 Å². The summed E-state index contributed by atoms with van der Waals surface area (Å²) in [5.41, 5.74) is 2.38. The van der Waals surface area contributed by atoms with E-state index in [-0.39, 0.29) is 25.7 Å². The molecule has 1 unspecified atom stereocenters. The Morgan fingerprint density at radius 2 is 1.38 bits per heavy atom. The summed E-state index contributed by atoms with van der Waals surface area (Å²) in [6, 6.07) is 7.61. The van der Waals surface area contributed by atoms with E-state index >= 15 is 0 Å². The normalized spacial score (nSPS) is 28.3. The SMILES string of the molecule is C[N+](C)(CCNC(=S)Nc1ccc(CC2CN(CC(=O)O)CCN(CC(=O)O)CCN2CC(=O)O)cc1)CC12CC3CC(CC(C3)C1)C2. The van der Waals surface area contributed by atoms with Gasteiger partial charge in [0.05, 0.1) is 53.4 Å². The lowest BCUT2D eigenvalue weighted by Gasteiger charge is -2.58. The second-order valence-corrected chi connectivity index (χ2v) is 16.2. The maximum atomic E-state index is 11.8. The second-order valence-electron chi connectivity index (χ2n) is 15.8. The van der Waals surface area contributed by atoms with Gasteiger partial charge in [0.25, 0.3) is 0 Å². The Labute approximate surface area is 290 Å². The van der Waals surface area contributed by atoms with E-state index in [1.165, 1.54) is 45.1 Å². The second kappa shape index (κ2) is 15.8. The molecular weight excluding hydrogens is 632 g/mol. The number of likely N-dealkylation sites (N-methyl/N-ethyl adjacent to an activating group) is 1. The Kier molecular flexibility index (Phi) is 12.0. The van der Waals surface area contributed by atoms with Crippen LogP contribution in [0.3, 0.4) is 0 Å². The first-order chi connectivity index (χ1) is 22.7. The number of nitrogens with one attached hydrogen (secondary N) is 2. The molecule has 13 heteroatoms. The molecule has 1 saturated heterocycles. The highest BCUT2D eigenvalue weighted by atomic mass is 32.1. The number of carboxylic acids is 3. The lowest BCUT2D eigenvalue weighted by Crippen LogP contribution is -2.57. The van der Waals surface area contributed by atoms with Crippen LogP contribution in [0, 0.1) is 23.2 Å². The molecule has 12 nitrogen and oxygen atoms in total. The number of benzene rings is 1. The van der Waals surface area contributed by atoms with Crippen LogP contribution in [0.1, 0.15) is 44.1 Å². The van der Waals surface area contributed by atoms with Gasteiger partial charge in [-0.3, -0.25) is 29.1 Å². The molecule has 1 heterocycles. The third-order valence-electron chi connectivity index (χ3n) is 11.1. The van der Waals surface area contributed by atoms with E-state index in [0.29, 0.717) is 49.7 Å². The van der Waals surface area contributed by atoms with Gasteiger partial charge in [0.15, 0.2) is 5.11 Å². The first-order valence-electron chi connectivity index (χ1n) is 17.5. The number of quaternary nitrogens is 1. The average Bonchev–Trinajstić information content (AvgIpc) is 3.02. The molecule has 5 fully saturated rings. The molecule has 6 rings (SSSR count). The molecule has 5 aliphatic rings. The van der Waals surface area contributed by atoms with Crippen LogP contribution in [-0.4, -0.2) is 150 Å². The maximum Gasteiger partial charge on any atom is 0.317 e. The van der Waals surface area contributed by atoms with Crippen molar-refractivity contribution < 1.29 is 34.2 Å². The molecule has 4 bridgehead atoms. The first-order valence-corrected chi connectivity index (χ1v) is 18.0. The first kappa shape index (κ1) is 36.4. The van der Waals surface area contributed by atoms with Crippen LogP contribution in [0.5, 0.6) is 0 Å². The summed E-state index contributed by atoms with van der Waals surface area (Å²) < 4.78 is 0.998. The van der Waals surface area contributed by atoms with E-state index in [0.717, 1.165) is 46.6 Å². The standard InChI is InChI=1S/C35H54N6O6S/c1-41(2,24-35-17-26-13-27(18-35)15-28(14-26)19-35)12-7-36-34(48)37-29-5-3-25(4-6-29)16-30-20-39(22-32(44)45)9-8-38(21-31(42)43)10-11-40(30)23-33(46)47/h3-6,26-28,30H,7-24H2,1-2H3,(H4-,36,37,42,43,44,45,46,47,48)/p+1. The van der Waals surface area contributed by atoms with E-state index in [2.05, 4.69) is 24.7 Å². The average molecular weight is 688 g/mol. The molecule has 4 aliphatic carbocycles. The summed E-state index contributed by atoms with van der Waals surface area (Å²) >= 11 is 5.63. The van der Waals surface area contributed by atoms with Crippen LogP contribution in [0.4, 0.5) is 5.69 Å². The van der Waals surface area contributed by atoms with Crippen LogP contribution in [0.15, 0.2) is 24.3 Å². The third kappa shape index (κ3) is 10.6. The van der Waals surface area contributed by atoms with Crippen LogP contribution in [-0.2, 0) is 20.8 Å². The fourth-order valence-electron chi connectivity index (χ4n) is 9.73. The molecule has 4 saturated carbocycles. The van der Waals surface area contributed by atoms with Crippen LogP contribution < -0.4 is 10.6 Å². The van der Waals surface area contributed by atoms with Crippen molar-refractivity contribution in [2.45, 2.75) is 51.0 Å². The maximum absolute atomic E-state index is 11.8. The zero-order chi connectivity index (χ0) is 34.5. The van der Waals surface area contributed by atoms with Gasteiger partial charge in [0.2, 0.25) is 0 Å². The van der Waals surface area contributed by atoms with E-state index < -0.39 is 17.9 Å². The number of thiocarbonyl (C=S) groups is 1. The zero-order valence-corrected chi connectivity index (χ0v) is 29.4. The van der Waals surface area contributed by atoms with Gasteiger partial charge in [0, 0.05) is 49.9 Å². The molecule has 0 spiro atoms. The predicted molar refractivity (Wildman–Crippen MR) is 188 cm³/mol. The molecule has 266 valence electrons. The number of carboxylic acid groups (broad SMARTS) is 3. The Hall–Kier alpha value is -2.84.